The summed E-state index contributed by atoms with van der Waals surface area (Å²) in [7, 11) is -4.88. The first-order valence-electron chi connectivity index (χ1n) is 30.6. The van der Waals surface area contributed by atoms with Gasteiger partial charge in [-0.1, -0.05) is 25.5 Å². The van der Waals surface area contributed by atoms with E-state index >= 15 is 0 Å². The molecule has 32 nitrogen and oxygen atoms in total. The number of aliphatic hydroxyl groups is 15. The number of ketones is 1. The SMILES string of the molecule is CC(=O)[C@H]1CC[C@H]2[C@@H]3CC(O[C@@H]4O[C@H](C)[C@@H](O)C(O[C@@H]5OC[C@@H](O[C@@H]6O[C@H](CO)[C@@H](O)[C@H](O)[C@H]6O[C@H]6O[C@H](C)[C@H](O)[C@H](O[C@@H]7O[C@H](CO)[C@@H](O)[C@H](O)[C@H]7O)[C@H]6O)[C@H](O)[C@H]5O[C@@H]5O[C@H](C)[C@H](O)[C@@H](O)[C@H]5O)[C@H]4O)C4C[C@@H](OS(=O)(=O)O)CC[C@]4(C)C3=CC[C@]12C. The lowest BCUT2D eigenvalue weighted by Gasteiger charge is -2.59. The summed E-state index contributed by atoms with van der Waals surface area (Å²) >= 11 is 0. The molecule has 0 amide bonds. The maximum absolute atomic E-state index is 13.1. The van der Waals surface area contributed by atoms with Crippen LogP contribution in [0.4, 0.5) is 0 Å². The van der Waals surface area contributed by atoms with E-state index in [1.165, 1.54) is 20.8 Å². The van der Waals surface area contributed by atoms with Crippen LogP contribution in [-0.2, 0) is 76.2 Å². The van der Waals surface area contributed by atoms with Crippen LogP contribution in [0.25, 0.3) is 0 Å². The molecule has 512 valence electrons. The van der Waals surface area contributed by atoms with Crippen molar-refractivity contribution in [2.24, 2.45) is 34.5 Å². The van der Waals surface area contributed by atoms with Gasteiger partial charge in [-0.25, -0.2) is 4.18 Å². The highest BCUT2D eigenvalue weighted by atomic mass is 32.3. The van der Waals surface area contributed by atoms with Gasteiger partial charge in [-0.05, 0) is 101 Å². The highest BCUT2D eigenvalue weighted by Gasteiger charge is 2.63. The Morgan fingerprint density at radius 1 is 0.528 bits per heavy atom. The molecule has 33 heteroatoms. The number of hydrogen-bond acceptors (Lipinski definition) is 31. The normalized spacial score (nSPS) is 53.9. The number of hydrogen-bond donors (Lipinski definition) is 16. The van der Waals surface area contributed by atoms with E-state index in [-0.39, 0.29) is 41.8 Å². The fourth-order valence-corrected chi connectivity index (χ4v) is 16.4. The standard InChI is InChI=1S/C56H90O32S/c1-18(59)24-7-8-25-23-14-28(27-13-22(88-89(73,74)75)9-11-56(27,6)26(23)10-12-55(24,25)5)80-51-43(71)46(34(62)20(3)78-51)85-53-47(86-49-41(69)38(66)32(60)19(2)77-49)37(65)31(17-76-53)83-54-48(40(68)36(64)30(16-58)82-54)87-52-44(72)45(33(61)21(4)79-52)84-50-42(70)39(67)35(63)29(15-57)81-50/h10,19-25,27-54,57-58,60-72H,7-9,11-17H2,1-6H3,(H,73,74,75)/t19-,20-,21-,22+,23+,24-,25+,27?,28?,29-,30-,31-,32+,33+,34-,35-,36-,37+,38-,39+,40+,41-,42-,43-,44-,45+,46?,47-,48-,49+,50+,51+,52-,53+,54+,55-,56-/m1/s1. The molecule has 10 rings (SSSR count). The summed E-state index contributed by atoms with van der Waals surface area (Å²) in [6, 6.07) is 0. The van der Waals surface area contributed by atoms with Gasteiger partial charge < -0.3 is 133 Å². The molecule has 6 saturated heterocycles. The molecule has 0 aromatic heterocycles. The second-order valence-electron chi connectivity index (χ2n) is 26.4. The molecule has 3 unspecified atom stereocenters. The number of aliphatic hydroxyl groups excluding tert-OH is 15. The molecule has 4 aliphatic carbocycles. The van der Waals surface area contributed by atoms with E-state index in [2.05, 4.69) is 19.9 Å². The molecule has 9 fully saturated rings. The van der Waals surface area contributed by atoms with Crippen molar-refractivity contribution in [3.8, 4) is 0 Å². The van der Waals surface area contributed by atoms with Crippen molar-refractivity contribution in [3.05, 3.63) is 11.6 Å². The molecular formula is C56H90O32S. The van der Waals surface area contributed by atoms with Crippen molar-refractivity contribution < 1.29 is 155 Å². The maximum Gasteiger partial charge on any atom is 0.397 e. The number of Topliss-reactive ketones (excluding diaryl/α,β-unsaturated/α-hetero) is 1. The molecule has 0 aromatic carbocycles. The van der Waals surface area contributed by atoms with Crippen molar-refractivity contribution in [1.29, 1.82) is 0 Å². The minimum Gasteiger partial charge on any atom is -0.394 e. The summed E-state index contributed by atoms with van der Waals surface area (Å²) in [5.74, 6) is -0.640. The van der Waals surface area contributed by atoms with Crippen LogP contribution in [0.2, 0.25) is 0 Å². The van der Waals surface area contributed by atoms with Crippen LogP contribution < -0.4 is 0 Å². The Kier molecular flexibility index (Phi) is 21.5. The van der Waals surface area contributed by atoms with Crippen molar-refractivity contribution in [2.45, 2.75) is 277 Å². The number of rotatable bonds is 17. The molecule has 0 bridgehead atoms. The van der Waals surface area contributed by atoms with Gasteiger partial charge in [0, 0.05) is 5.92 Å². The predicted molar refractivity (Wildman–Crippen MR) is 289 cm³/mol. The first-order chi connectivity index (χ1) is 41.8. The third kappa shape index (κ3) is 13.4. The van der Waals surface area contributed by atoms with E-state index in [1.54, 1.807) is 6.92 Å². The smallest absolute Gasteiger partial charge is 0.394 e. The van der Waals surface area contributed by atoms with Crippen molar-refractivity contribution >= 4 is 16.2 Å². The molecule has 10 aliphatic rings. The topological polar surface area (TPSA) is 495 Å². The van der Waals surface area contributed by atoms with E-state index in [0.717, 1.165) is 12.0 Å². The number of carbonyl (C=O) groups is 1. The van der Waals surface area contributed by atoms with Crippen LogP contribution in [0.5, 0.6) is 0 Å². The minimum atomic E-state index is -4.88. The van der Waals surface area contributed by atoms with Gasteiger partial charge in [-0.15, -0.1) is 0 Å². The second kappa shape index (κ2) is 27.4. The van der Waals surface area contributed by atoms with Gasteiger partial charge in [0.2, 0.25) is 0 Å². The molecule has 0 radical (unpaired) electrons. The van der Waals surface area contributed by atoms with E-state index in [0.29, 0.717) is 25.7 Å². The lowest BCUT2D eigenvalue weighted by Crippen LogP contribution is -2.67. The molecule has 16 N–H and O–H groups in total. The van der Waals surface area contributed by atoms with Crippen molar-refractivity contribution in [1.82, 2.24) is 0 Å². The summed E-state index contributed by atoms with van der Waals surface area (Å²) in [5, 5.41) is 166. The van der Waals surface area contributed by atoms with Crippen LogP contribution >= 0.6 is 0 Å². The highest BCUT2D eigenvalue weighted by molar-refractivity contribution is 7.80. The summed E-state index contributed by atoms with van der Waals surface area (Å²) in [6.45, 7) is 7.42. The first kappa shape index (κ1) is 70.0. The molecule has 6 heterocycles. The van der Waals surface area contributed by atoms with Crippen LogP contribution in [0.15, 0.2) is 11.6 Å². The van der Waals surface area contributed by atoms with Crippen molar-refractivity contribution in [2.75, 3.05) is 19.8 Å². The Morgan fingerprint density at radius 2 is 1.01 bits per heavy atom. The lowest BCUT2D eigenvalue weighted by atomic mass is 9.48. The van der Waals surface area contributed by atoms with Crippen molar-refractivity contribution in [3.63, 3.8) is 0 Å². The van der Waals surface area contributed by atoms with Gasteiger partial charge in [0.05, 0.1) is 50.3 Å². The number of ether oxygens (including phenoxy) is 12. The molecule has 0 aromatic rings. The Balaban J connectivity index is 0.901. The van der Waals surface area contributed by atoms with Crippen LogP contribution in [0.3, 0.4) is 0 Å². The van der Waals surface area contributed by atoms with E-state index in [1.807, 2.05) is 0 Å². The Morgan fingerprint density at radius 3 is 1.58 bits per heavy atom. The average molecular weight is 1310 g/mol. The molecule has 0 spiro atoms. The molecule has 89 heavy (non-hydrogen) atoms. The van der Waals surface area contributed by atoms with Gasteiger partial charge in [0.15, 0.2) is 37.7 Å². The maximum atomic E-state index is 13.1. The lowest BCUT2D eigenvalue weighted by molar-refractivity contribution is -0.402. The summed E-state index contributed by atoms with van der Waals surface area (Å²) in [4.78, 5) is 13.1. The minimum absolute atomic E-state index is 0.0527. The summed E-state index contributed by atoms with van der Waals surface area (Å²) < 4.78 is 112. The Labute approximate surface area is 512 Å². The predicted octanol–water partition coefficient (Wildman–Crippen LogP) is -6.02. The zero-order valence-corrected chi connectivity index (χ0v) is 50.8. The second-order valence-corrected chi connectivity index (χ2v) is 27.5. The first-order valence-corrected chi connectivity index (χ1v) is 31.9. The molecule has 3 saturated carbocycles. The summed E-state index contributed by atoms with van der Waals surface area (Å²) in [6.07, 6.45) is -48.1. The van der Waals surface area contributed by atoms with Gasteiger partial charge >= 0.3 is 10.4 Å². The van der Waals surface area contributed by atoms with E-state index in [9.17, 15) is 94.4 Å². The average Bonchev–Trinajstić information content (AvgIpc) is 1.71. The van der Waals surface area contributed by atoms with Gasteiger partial charge in [0.25, 0.3) is 0 Å². The zero-order valence-electron chi connectivity index (χ0n) is 50.0. The fourth-order valence-electron chi connectivity index (χ4n) is 15.8. The molecule has 37 atom stereocenters. The third-order valence-corrected chi connectivity index (χ3v) is 21.5. The van der Waals surface area contributed by atoms with E-state index < -0.39 is 232 Å². The van der Waals surface area contributed by atoms with Crippen LogP contribution in [-0.4, -0.2) is 306 Å². The Hall–Kier alpha value is -1.80. The van der Waals surface area contributed by atoms with E-state index in [4.69, 9.17) is 61.0 Å². The highest BCUT2D eigenvalue weighted by Crippen LogP contribution is 2.66. The van der Waals surface area contributed by atoms with Gasteiger partial charge in [-0.3, -0.25) is 9.35 Å². The Bertz CT molecular complexity index is 2550. The third-order valence-electron chi connectivity index (χ3n) is 21.0. The van der Waals surface area contributed by atoms with Gasteiger partial charge in [-0.2, -0.15) is 8.42 Å². The number of fused-ring (bicyclic) bond motifs is 5. The summed E-state index contributed by atoms with van der Waals surface area (Å²) in [5.41, 5.74) is 0.164. The zero-order chi connectivity index (χ0) is 64.8. The monoisotopic (exact) mass is 1310 g/mol. The number of carbonyl (C=O) groups excluding carboxylic acids is 1. The molecular weight excluding hydrogens is 1220 g/mol. The largest absolute Gasteiger partial charge is 0.397 e. The van der Waals surface area contributed by atoms with Crippen LogP contribution in [0.1, 0.15) is 86.5 Å². The quantitative estimate of drug-likeness (QED) is 0.0476. The molecule has 6 aliphatic heterocycles. The fraction of sp³-hybridized carbons (Fsp3) is 0.946. The van der Waals surface area contributed by atoms with Crippen LogP contribution in [0, 0.1) is 34.5 Å². The van der Waals surface area contributed by atoms with Gasteiger partial charge in [0.1, 0.15) is 128 Å². The number of allylic oxidation sites excluding steroid dienone is 2.